The van der Waals surface area contributed by atoms with Crippen molar-refractivity contribution in [2.24, 2.45) is 0 Å². The molecule has 1 aromatic carbocycles. The Bertz CT molecular complexity index is 533. The van der Waals surface area contributed by atoms with E-state index in [0.717, 1.165) is 24.3 Å². The Balaban J connectivity index is 0.00000312. The summed E-state index contributed by atoms with van der Waals surface area (Å²) in [6.07, 6.45) is -13.3. The van der Waals surface area contributed by atoms with Gasteiger partial charge in [0.1, 0.15) is 11.8 Å². The van der Waals surface area contributed by atoms with E-state index in [0.29, 0.717) is 13.1 Å². The zero-order valence-corrected chi connectivity index (χ0v) is 13.5. The number of alkyl halides is 7. The van der Waals surface area contributed by atoms with Crippen LogP contribution in [0.1, 0.15) is 11.6 Å². The van der Waals surface area contributed by atoms with Crippen LogP contribution >= 0.6 is 12.4 Å². The van der Waals surface area contributed by atoms with Crippen molar-refractivity contribution in [3.63, 3.8) is 0 Å². The van der Waals surface area contributed by atoms with E-state index in [1.807, 2.05) is 0 Å². The zero-order chi connectivity index (χ0) is 18.0. The van der Waals surface area contributed by atoms with Gasteiger partial charge in [-0.25, -0.2) is 0 Å². The van der Waals surface area contributed by atoms with E-state index in [1.54, 1.807) is 0 Å². The Hall–Kier alpha value is -1.26. The molecule has 0 bridgehead atoms. The Morgan fingerprint density at radius 3 is 1.92 bits per heavy atom. The van der Waals surface area contributed by atoms with E-state index in [4.69, 9.17) is 0 Å². The number of piperazine rings is 1. The average molecular weight is 397 g/mol. The van der Waals surface area contributed by atoms with E-state index >= 15 is 0 Å². The lowest BCUT2D eigenvalue weighted by Crippen LogP contribution is -2.49. The van der Waals surface area contributed by atoms with Crippen LogP contribution in [0.25, 0.3) is 0 Å². The van der Waals surface area contributed by atoms with Crippen LogP contribution < -0.4 is 10.1 Å². The molecule has 0 aliphatic carbocycles. The molecule has 0 unspecified atom stereocenters. The largest absolute Gasteiger partial charge is 0.461 e. The molecule has 1 aliphatic heterocycles. The fourth-order valence-corrected chi connectivity index (χ4v) is 2.47. The SMILES string of the molecule is Cl.FC(F)C(F)(F)Oc1ccc([C@H](N2CCNCC2)C(F)(F)F)cc1. The maximum atomic E-state index is 13.4. The van der Waals surface area contributed by atoms with Gasteiger partial charge in [0.2, 0.25) is 0 Å². The molecule has 1 aromatic rings. The Labute approximate surface area is 145 Å². The number of nitrogens with zero attached hydrogens (tertiary/aromatic N) is 1. The van der Waals surface area contributed by atoms with Gasteiger partial charge in [-0.05, 0) is 17.7 Å². The summed E-state index contributed by atoms with van der Waals surface area (Å²) in [6, 6.07) is 1.66. The summed E-state index contributed by atoms with van der Waals surface area (Å²) in [4.78, 5) is 1.22. The molecule has 1 heterocycles. The lowest BCUT2D eigenvalue weighted by molar-refractivity contribution is -0.253. The minimum absolute atomic E-state index is 0. The number of ether oxygens (including phenoxy) is 1. The summed E-state index contributed by atoms with van der Waals surface area (Å²) in [5.41, 5.74) is -0.169. The molecule has 11 heteroatoms. The lowest BCUT2D eigenvalue weighted by atomic mass is 10.0. The third-order valence-electron chi connectivity index (χ3n) is 3.53. The first-order valence-corrected chi connectivity index (χ1v) is 7.07. The van der Waals surface area contributed by atoms with Gasteiger partial charge in [-0.2, -0.15) is 30.7 Å². The number of hydrogen-bond acceptors (Lipinski definition) is 3. The van der Waals surface area contributed by atoms with Crippen molar-refractivity contribution in [1.82, 2.24) is 10.2 Å². The number of hydrogen-bond donors (Lipinski definition) is 1. The molecule has 1 atom stereocenters. The van der Waals surface area contributed by atoms with Crippen molar-refractivity contribution in [2.75, 3.05) is 26.2 Å². The second kappa shape index (κ2) is 8.41. The van der Waals surface area contributed by atoms with Crippen molar-refractivity contribution in [3.8, 4) is 5.75 Å². The normalized spacial score (nSPS) is 17.9. The summed E-state index contributed by atoms with van der Waals surface area (Å²) >= 11 is 0. The molecule has 0 saturated carbocycles. The lowest BCUT2D eigenvalue weighted by Gasteiger charge is -2.36. The topological polar surface area (TPSA) is 24.5 Å². The summed E-state index contributed by atoms with van der Waals surface area (Å²) in [5.74, 6) is -0.634. The molecule has 1 aliphatic rings. The Morgan fingerprint density at radius 1 is 0.960 bits per heavy atom. The first kappa shape index (κ1) is 21.8. The molecule has 0 amide bonds. The number of nitrogens with one attached hydrogen (secondary N) is 1. The summed E-state index contributed by atoms with van der Waals surface area (Å²) < 4.78 is 93.7. The Kier molecular flexibility index (Phi) is 7.33. The maximum absolute atomic E-state index is 13.4. The third kappa shape index (κ3) is 5.61. The van der Waals surface area contributed by atoms with Crippen LogP contribution in [0.3, 0.4) is 0 Å². The van der Waals surface area contributed by atoms with Gasteiger partial charge in [-0.1, -0.05) is 12.1 Å². The monoisotopic (exact) mass is 396 g/mol. The zero-order valence-electron chi connectivity index (χ0n) is 12.7. The molecule has 3 nitrogen and oxygen atoms in total. The van der Waals surface area contributed by atoms with E-state index < -0.39 is 30.5 Å². The van der Waals surface area contributed by atoms with Crippen molar-refractivity contribution >= 4 is 12.4 Å². The quantitative estimate of drug-likeness (QED) is 0.765. The van der Waals surface area contributed by atoms with Gasteiger partial charge in [0.05, 0.1) is 0 Å². The molecule has 0 radical (unpaired) electrons. The molecule has 2 rings (SSSR count). The fraction of sp³-hybridized carbons (Fsp3) is 0.571. The van der Waals surface area contributed by atoms with Crippen LogP contribution in [0.5, 0.6) is 5.75 Å². The summed E-state index contributed by atoms with van der Waals surface area (Å²) in [6.45, 7) is 1.14. The van der Waals surface area contributed by atoms with Crippen LogP contribution in [0, 0.1) is 0 Å². The van der Waals surface area contributed by atoms with Gasteiger partial charge < -0.3 is 10.1 Å². The minimum Gasteiger partial charge on any atom is -0.428 e. The predicted octanol–water partition coefficient (Wildman–Crippen LogP) is 3.85. The second-order valence-corrected chi connectivity index (χ2v) is 5.26. The number of benzene rings is 1. The standard InChI is InChI=1S/C14H15F7N2O.ClH/c15-12(16)14(20,21)24-10-3-1-9(2-4-10)11(13(17,18)19)23-7-5-22-6-8-23;/h1-4,11-12,22H,5-8H2;1H/t11-;/m0./s1. The van der Waals surface area contributed by atoms with E-state index in [1.165, 1.54) is 4.90 Å². The summed E-state index contributed by atoms with van der Waals surface area (Å²) in [7, 11) is 0. The third-order valence-corrected chi connectivity index (χ3v) is 3.53. The van der Waals surface area contributed by atoms with Crippen molar-refractivity contribution < 1.29 is 35.5 Å². The predicted molar refractivity (Wildman–Crippen MR) is 78.5 cm³/mol. The van der Waals surface area contributed by atoms with Crippen LogP contribution in [0.15, 0.2) is 24.3 Å². The molecule has 1 N–H and O–H groups in total. The number of halogens is 8. The van der Waals surface area contributed by atoms with Gasteiger partial charge in [0.25, 0.3) is 0 Å². The Morgan fingerprint density at radius 2 is 1.48 bits per heavy atom. The maximum Gasteiger partial charge on any atom is 0.461 e. The van der Waals surface area contributed by atoms with E-state index in [9.17, 15) is 30.7 Å². The second-order valence-electron chi connectivity index (χ2n) is 5.26. The van der Waals surface area contributed by atoms with Crippen molar-refractivity contribution in [1.29, 1.82) is 0 Å². The van der Waals surface area contributed by atoms with Crippen LogP contribution in [0.2, 0.25) is 0 Å². The minimum atomic E-state index is -4.70. The highest BCUT2D eigenvalue weighted by Crippen LogP contribution is 2.38. The molecule has 0 aromatic heterocycles. The average Bonchev–Trinajstić information content (AvgIpc) is 2.48. The van der Waals surface area contributed by atoms with Gasteiger partial charge in [0.15, 0.2) is 0 Å². The molecular formula is C14H16ClF7N2O. The number of rotatable bonds is 5. The summed E-state index contributed by atoms with van der Waals surface area (Å²) in [5, 5.41) is 2.93. The first-order chi connectivity index (χ1) is 11.1. The van der Waals surface area contributed by atoms with Gasteiger partial charge in [-0.15, -0.1) is 12.4 Å². The first-order valence-electron chi connectivity index (χ1n) is 7.07. The van der Waals surface area contributed by atoms with Crippen molar-refractivity contribution in [2.45, 2.75) is 24.8 Å². The van der Waals surface area contributed by atoms with Gasteiger partial charge in [-0.3, -0.25) is 4.90 Å². The highest BCUT2D eigenvalue weighted by molar-refractivity contribution is 5.85. The smallest absolute Gasteiger partial charge is 0.428 e. The molecule has 0 spiro atoms. The van der Waals surface area contributed by atoms with Crippen LogP contribution in [-0.2, 0) is 0 Å². The highest BCUT2D eigenvalue weighted by Gasteiger charge is 2.46. The van der Waals surface area contributed by atoms with Gasteiger partial charge in [0, 0.05) is 26.2 Å². The molecule has 1 saturated heterocycles. The molecular weight excluding hydrogens is 381 g/mol. The highest BCUT2D eigenvalue weighted by atomic mass is 35.5. The fourth-order valence-electron chi connectivity index (χ4n) is 2.47. The molecule has 1 fully saturated rings. The molecule has 144 valence electrons. The van der Waals surface area contributed by atoms with Crippen molar-refractivity contribution in [3.05, 3.63) is 29.8 Å². The molecule has 25 heavy (non-hydrogen) atoms. The van der Waals surface area contributed by atoms with E-state index in [2.05, 4.69) is 10.1 Å². The van der Waals surface area contributed by atoms with Gasteiger partial charge >= 0.3 is 18.7 Å². The van der Waals surface area contributed by atoms with Crippen LogP contribution in [0.4, 0.5) is 30.7 Å². The van der Waals surface area contributed by atoms with Crippen LogP contribution in [-0.4, -0.2) is 49.8 Å². The van der Waals surface area contributed by atoms with E-state index in [-0.39, 0.29) is 31.1 Å².